The Morgan fingerprint density at radius 2 is 1.44 bits per heavy atom. The van der Waals surface area contributed by atoms with Gasteiger partial charge in [0.05, 0.1) is 22.6 Å². The van der Waals surface area contributed by atoms with Gasteiger partial charge in [-0.25, -0.2) is 16.8 Å². The van der Waals surface area contributed by atoms with E-state index in [1.165, 1.54) is 79.9 Å². The summed E-state index contributed by atoms with van der Waals surface area (Å²) in [5.41, 5.74) is 0.0888. The zero-order valence-corrected chi connectivity index (χ0v) is 20.8. The second kappa shape index (κ2) is 11.0. The van der Waals surface area contributed by atoms with Gasteiger partial charge in [-0.15, -0.1) is 11.6 Å². The van der Waals surface area contributed by atoms with Crippen molar-refractivity contribution in [3.8, 4) is 5.75 Å². The first kappa shape index (κ1) is 25.7. The van der Waals surface area contributed by atoms with Crippen LogP contribution < -0.4 is 8.45 Å². The minimum absolute atomic E-state index is 0.0940. The van der Waals surface area contributed by atoms with E-state index in [9.17, 15) is 21.6 Å². The predicted molar refractivity (Wildman–Crippen MR) is 132 cm³/mol. The number of unbranched alkanes of at least 4 members (excludes halogenated alkanes) is 1. The molecule has 3 aromatic carbocycles. The third-order valence-corrected chi connectivity index (χ3v) is 9.46. The third-order valence-electron chi connectivity index (χ3n) is 5.00. The molecule has 3 rings (SSSR count). The molecule has 0 bridgehead atoms. The van der Waals surface area contributed by atoms with Crippen molar-refractivity contribution in [1.82, 2.24) is 0 Å². The monoisotopic (exact) mass is 521 g/mol. The summed E-state index contributed by atoms with van der Waals surface area (Å²) in [5.74, 6) is 0.613. The molecule has 0 atom stereocenters. The minimum Gasteiger partial charge on any atom is -0.497 e. The maximum absolute atomic E-state index is 13.7. The number of alkyl halides is 1. The van der Waals surface area contributed by atoms with Crippen LogP contribution in [0.4, 0.5) is 5.69 Å². The average Bonchev–Trinajstić information content (AvgIpc) is 2.85. The lowest BCUT2D eigenvalue weighted by molar-refractivity contribution is 0.0979. The molecule has 0 unspecified atom stereocenters. The van der Waals surface area contributed by atoms with Gasteiger partial charge in [0.15, 0.2) is 5.78 Å². The second-order valence-electron chi connectivity index (χ2n) is 7.32. The van der Waals surface area contributed by atoms with Crippen molar-refractivity contribution < 1.29 is 26.4 Å². The molecule has 0 fully saturated rings. The van der Waals surface area contributed by atoms with Crippen LogP contribution >= 0.6 is 11.6 Å². The number of ether oxygens (including phenoxy) is 1. The Hall–Kier alpha value is -2.88. The molecular formula is C24H24ClNO6S2. The summed E-state index contributed by atoms with van der Waals surface area (Å²) in [6.45, 7) is 0. The molecule has 10 heteroatoms. The van der Waals surface area contributed by atoms with E-state index in [0.717, 1.165) is 0 Å². The van der Waals surface area contributed by atoms with Crippen LogP contribution in [0.25, 0.3) is 0 Å². The molecule has 0 aliphatic heterocycles. The summed E-state index contributed by atoms with van der Waals surface area (Å²) >= 11 is 5.66. The van der Waals surface area contributed by atoms with Crippen LogP contribution in [0.2, 0.25) is 0 Å². The van der Waals surface area contributed by atoms with Gasteiger partial charge < -0.3 is 4.74 Å². The van der Waals surface area contributed by atoms with Gasteiger partial charge in [-0.1, -0.05) is 30.3 Å². The maximum Gasteiger partial charge on any atom is 0.277 e. The molecule has 180 valence electrons. The molecule has 0 radical (unpaired) electrons. The number of methoxy groups -OCH3 is 1. The molecule has 0 amide bonds. The number of anilines is 1. The number of carbonyl (C=O) groups excluding carboxylic acids is 1. The fraction of sp³-hybridized carbons (Fsp3) is 0.208. The zero-order valence-electron chi connectivity index (χ0n) is 18.4. The van der Waals surface area contributed by atoms with Crippen molar-refractivity contribution in [1.29, 1.82) is 0 Å². The fourth-order valence-electron chi connectivity index (χ4n) is 3.25. The van der Waals surface area contributed by atoms with Crippen molar-refractivity contribution in [2.75, 3.05) is 16.7 Å². The number of halogens is 1. The van der Waals surface area contributed by atoms with E-state index in [1.54, 1.807) is 6.07 Å². The minimum atomic E-state index is -4.63. The molecule has 0 aromatic heterocycles. The quantitative estimate of drug-likeness (QED) is 0.203. The zero-order chi connectivity index (χ0) is 24.8. The number of Topliss-reactive ketones (excluding diaryl/α,β-unsaturated/α-hetero) is 1. The number of nitrogens with zero attached hydrogens (tertiary/aromatic N) is 1. The molecule has 34 heavy (non-hydrogen) atoms. The van der Waals surface area contributed by atoms with Crippen molar-refractivity contribution in [2.24, 2.45) is 0 Å². The van der Waals surface area contributed by atoms with E-state index in [1.807, 2.05) is 0 Å². The Kier molecular flexibility index (Phi) is 8.35. The van der Waals surface area contributed by atoms with Gasteiger partial charge in [-0.05, 0) is 61.4 Å². The molecule has 7 nitrogen and oxygen atoms in total. The van der Waals surface area contributed by atoms with E-state index >= 15 is 0 Å². The summed E-state index contributed by atoms with van der Waals surface area (Å²) in [4.78, 5) is 12.0. The Balaban J connectivity index is 2.12. The molecule has 0 saturated carbocycles. The number of benzene rings is 3. The first-order chi connectivity index (χ1) is 16.2. The smallest absolute Gasteiger partial charge is 0.277 e. The first-order valence-electron chi connectivity index (χ1n) is 10.4. The van der Waals surface area contributed by atoms with E-state index in [4.69, 9.17) is 16.3 Å². The van der Waals surface area contributed by atoms with Crippen molar-refractivity contribution in [3.05, 3.63) is 84.4 Å². The molecule has 0 N–H and O–H groups in total. The molecule has 0 aliphatic rings. The number of hydrogen-bond acceptors (Lipinski definition) is 6. The number of ketones is 1. The van der Waals surface area contributed by atoms with E-state index in [-0.39, 0.29) is 33.2 Å². The normalized spacial score (nSPS) is 11.7. The van der Waals surface area contributed by atoms with Gasteiger partial charge in [-0.2, -0.15) is 3.71 Å². The lowest BCUT2D eigenvalue weighted by atomic mass is 10.1. The van der Waals surface area contributed by atoms with Gasteiger partial charge in [0.2, 0.25) is 0 Å². The van der Waals surface area contributed by atoms with Gasteiger partial charge in [0.1, 0.15) is 5.75 Å². The number of sulfonamides is 2. The van der Waals surface area contributed by atoms with Crippen molar-refractivity contribution in [3.63, 3.8) is 0 Å². The van der Waals surface area contributed by atoms with Crippen LogP contribution in [0.5, 0.6) is 5.75 Å². The predicted octanol–water partition coefficient (Wildman–Crippen LogP) is 4.87. The first-order valence-corrected chi connectivity index (χ1v) is 13.8. The molecule has 0 heterocycles. The highest BCUT2D eigenvalue weighted by Crippen LogP contribution is 2.32. The molecular weight excluding hydrogens is 498 g/mol. The summed E-state index contributed by atoms with van der Waals surface area (Å²) in [6.07, 6.45) is 1.44. The highest BCUT2D eigenvalue weighted by Gasteiger charge is 2.37. The topological polar surface area (TPSA) is 97.8 Å². The Morgan fingerprint density at radius 1 is 0.824 bits per heavy atom. The average molecular weight is 522 g/mol. The second-order valence-corrected chi connectivity index (χ2v) is 11.5. The SMILES string of the molecule is COc1ccc(N(S(=O)(=O)c2ccccc2)S(=O)(=O)c2cccc(C(=O)CCCCCl)c2)cc1. The molecule has 0 saturated heterocycles. The van der Waals surface area contributed by atoms with Crippen LogP contribution in [-0.2, 0) is 20.0 Å². The van der Waals surface area contributed by atoms with Crippen LogP contribution in [0.3, 0.4) is 0 Å². The van der Waals surface area contributed by atoms with E-state index < -0.39 is 20.0 Å². The Bertz CT molecular complexity index is 1340. The number of rotatable bonds is 11. The van der Waals surface area contributed by atoms with Crippen molar-refractivity contribution in [2.45, 2.75) is 29.1 Å². The lowest BCUT2D eigenvalue weighted by Gasteiger charge is -2.24. The van der Waals surface area contributed by atoms with Crippen LogP contribution in [0, 0.1) is 0 Å². The summed E-state index contributed by atoms with van der Waals surface area (Å²) in [5, 5.41) is 0. The standard InChI is InChI=1S/C24H24ClNO6S2/c1-32-21-15-13-20(14-16-21)26(33(28,29)22-9-3-2-4-10-22)34(30,31)23-11-7-8-19(18-23)24(27)12-5-6-17-25/h2-4,7-11,13-16,18H,5-6,12,17H2,1H3. The molecule has 0 spiro atoms. The summed E-state index contributed by atoms with van der Waals surface area (Å²) in [6, 6.07) is 18.3. The lowest BCUT2D eigenvalue weighted by Crippen LogP contribution is -2.37. The number of hydrogen-bond donors (Lipinski definition) is 0. The fourth-order valence-corrected chi connectivity index (χ4v) is 7.20. The maximum atomic E-state index is 13.7. The third kappa shape index (κ3) is 5.60. The van der Waals surface area contributed by atoms with Crippen LogP contribution in [-0.4, -0.2) is 35.6 Å². The summed E-state index contributed by atoms with van der Waals surface area (Å²) < 4.78 is 60.0. The van der Waals surface area contributed by atoms with Gasteiger partial charge >= 0.3 is 0 Å². The highest BCUT2D eigenvalue weighted by molar-refractivity contribution is 8.10. The Morgan fingerprint density at radius 3 is 2.06 bits per heavy atom. The van der Waals surface area contributed by atoms with Crippen LogP contribution in [0.1, 0.15) is 29.6 Å². The largest absolute Gasteiger partial charge is 0.497 e. The summed E-state index contributed by atoms with van der Waals surface area (Å²) in [7, 11) is -7.71. The molecule has 3 aromatic rings. The van der Waals surface area contributed by atoms with E-state index in [0.29, 0.717) is 28.2 Å². The van der Waals surface area contributed by atoms with Gasteiger partial charge in [-0.3, -0.25) is 4.79 Å². The van der Waals surface area contributed by atoms with Gasteiger partial charge in [0, 0.05) is 17.9 Å². The van der Waals surface area contributed by atoms with E-state index in [2.05, 4.69) is 0 Å². The Labute approximate surface area is 205 Å². The highest BCUT2D eigenvalue weighted by atomic mass is 35.5. The van der Waals surface area contributed by atoms with Crippen molar-refractivity contribution >= 4 is 43.1 Å². The van der Waals surface area contributed by atoms with Crippen LogP contribution in [0.15, 0.2) is 88.7 Å². The van der Waals surface area contributed by atoms with Gasteiger partial charge in [0.25, 0.3) is 20.0 Å². The molecule has 0 aliphatic carbocycles. The number of carbonyl (C=O) groups is 1.